The number of hydrogen-bond donors (Lipinski definition) is 2. The molecule has 1 saturated heterocycles. The first-order chi connectivity index (χ1) is 4.58. The maximum atomic E-state index is 13.0. The molecule has 2 nitrogen and oxygen atoms in total. The molecule has 2 N–H and O–H groups in total. The first-order valence-electron chi connectivity index (χ1n) is 3.28. The fourth-order valence-corrected chi connectivity index (χ4v) is 3.12. The summed E-state index contributed by atoms with van der Waals surface area (Å²) in [6.45, 7) is 1.73. The molecule has 5 unspecified atom stereocenters. The van der Waals surface area contributed by atoms with Gasteiger partial charge in [0, 0.05) is 5.25 Å². The summed E-state index contributed by atoms with van der Waals surface area (Å²) in [5.41, 5.74) is -1.40. The van der Waals surface area contributed by atoms with Gasteiger partial charge in [-0.1, -0.05) is 6.92 Å². The fraction of sp³-hybridized carbons (Fsp3) is 1.00. The van der Waals surface area contributed by atoms with Crippen LogP contribution in [0, 0.1) is 0 Å². The van der Waals surface area contributed by atoms with Gasteiger partial charge in [0.1, 0.15) is 17.9 Å². The van der Waals surface area contributed by atoms with E-state index < -0.39 is 17.9 Å². The van der Waals surface area contributed by atoms with Crippen molar-refractivity contribution in [3.8, 4) is 0 Å². The first kappa shape index (κ1) is 6.88. The quantitative estimate of drug-likeness (QED) is 0.526. The molecule has 0 amide bonds. The summed E-state index contributed by atoms with van der Waals surface area (Å²) >= 11 is 1.33. The molecule has 1 saturated carbocycles. The second-order valence-corrected chi connectivity index (χ2v) is 4.52. The van der Waals surface area contributed by atoms with Crippen molar-refractivity contribution in [1.29, 1.82) is 0 Å². The van der Waals surface area contributed by atoms with Gasteiger partial charge in [-0.25, -0.2) is 4.39 Å². The van der Waals surface area contributed by atoms with E-state index in [4.69, 9.17) is 5.11 Å². The third kappa shape index (κ3) is 0.535. The van der Waals surface area contributed by atoms with Crippen LogP contribution in [0.3, 0.4) is 0 Å². The van der Waals surface area contributed by atoms with Crippen molar-refractivity contribution in [2.24, 2.45) is 0 Å². The average Bonchev–Trinajstić information content (AvgIpc) is 2.29. The van der Waals surface area contributed by atoms with Crippen LogP contribution in [0.25, 0.3) is 0 Å². The lowest BCUT2D eigenvalue weighted by molar-refractivity contribution is 0.0196. The normalized spacial score (nSPS) is 66.0. The van der Waals surface area contributed by atoms with Crippen molar-refractivity contribution in [3.63, 3.8) is 0 Å². The molecule has 2 aliphatic rings. The van der Waals surface area contributed by atoms with Gasteiger partial charge in [0.15, 0.2) is 0 Å². The highest BCUT2D eigenvalue weighted by Crippen LogP contribution is 2.59. The first-order valence-corrected chi connectivity index (χ1v) is 4.22. The second-order valence-electron chi connectivity index (χ2n) is 3.00. The van der Waals surface area contributed by atoms with Gasteiger partial charge in [0.2, 0.25) is 0 Å². The van der Waals surface area contributed by atoms with Gasteiger partial charge in [-0.15, -0.1) is 11.8 Å². The number of halogens is 1. The molecule has 10 heavy (non-hydrogen) atoms. The maximum absolute atomic E-state index is 13.0. The van der Waals surface area contributed by atoms with Gasteiger partial charge >= 0.3 is 0 Å². The van der Waals surface area contributed by atoms with E-state index in [1.807, 2.05) is 0 Å². The molecule has 0 radical (unpaired) electrons. The van der Waals surface area contributed by atoms with E-state index in [9.17, 15) is 9.50 Å². The van der Waals surface area contributed by atoms with E-state index in [0.29, 0.717) is 0 Å². The van der Waals surface area contributed by atoms with Gasteiger partial charge in [0.25, 0.3) is 0 Å². The van der Waals surface area contributed by atoms with E-state index in [0.717, 1.165) is 0 Å². The topological polar surface area (TPSA) is 40.5 Å². The van der Waals surface area contributed by atoms with Crippen molar-refractivity contribution < 1.29 is 14.6 Å². The summed E-state index contributed by atoms with van der Waals surface area (Å²) in [6.07, 6.45) is -2.08. The van der Waals surface area contributed by atoms with Crippen molar-refractivity contribution in [2.75, 3.05) is 0 Å². The van der Waals surface area contributed by atoms with Crippen molar-refractivity contribution >= 4 is 11.8 Å². The van der Waals surface area contributed by atoms with E-state index in [-0.39, 0.29) is 10.5 Å². The highest BCUT2D eigenvalue weighted by Gasteiger charge is 2.75. The van der Waals surface area contributed by atoms with E-state index in [1.165, 1.54) is 11.8 Å². The lowest BCUT2D eigenvalue weighted by atomic mass is 10.1. The largest absolute Gasteiger partial charge is 0.389 e. The Morgan fingerprint density at radius 1 is 1.60 bits per heavy atom. The minimum Gasteiger partial charge on any atom is -0.389 e. The average molecular weight is 164 g/mol. The minimum atomic E-state index is -1.40. The highest BCUT2D eigenvalue weighted by molar-refractivity contribution is 8.01. The molecule has 2 fully saturated rings. The standard InChI is InChI=1S/C6H9FO2S/c1-2-3(7)6(9)4(8)5(6)10-2/h2-5,8-9H,1H3. The van der Waals surface area contributed by atoms with Crippen molar-refractivity contribution in [2.45, 2.75) is 35.3 Å². The van der Waals surface area contributed by atoms with Crippen LogP contribution < -0.4 is 0 Å². The molecule has 1 heterocycles. The number of aliphatic hydroxyl groups is 2. The van der Waals surface area contributed by atoms with Crippen LogP contribution in [0.15, 0.2) is 0 Å². The molecule has 2 rings (SSSR count). The zero-order valence-corrected chi connectivity index (χ0v) is 6.31. The van der Waals surface area contributed by atoms with Gasteiger partial charge in [-0.3, -0.25) is 0 Å². The summed E-state index contributed by atoms with van der Waals surface area (Å²) in [5.74, 6) is 0. The highest BCUT2D eigenvalue weighted by atomic mass is 32.2. The smallest absolute Gasteiger partial charge is 0.144 e. The van der Waals surface area contributed by atoms with Crippen molar-refractivity contribution in [1.82, 2.24) is 0 Å². The zero-order chi connectivity index (χ0) is 7.52. The van der Waals surface area contributed by atoms with Gasteiger partial charge in [-0.05, 0) is 0 Å². The molecule has 0 aromatic heterocycles. The van der Waals surface area contributed by atoms with Gasteiger partial charge < -0.3 is 10.2 Å². The summed E-state index contributed by atoms with van der Waals surface area (Å²) < 4.78 is 13.0. The van der Waals surface area contributed by atoms with Crippen LogP contribution in [-0.2, 0) is 0 Å². The van der Waals surface area contributed by atoms with Gasteiger partial charge in [-0.2, -0.15) is 0 Å². The van der Waals surface area contributed by atoms with E-state index in [2.05, 4.69) is 0 Å². The van der Waals surface area contributed by atoms with Crippen LogP contribution in [0.4, 0.5) is 4.39 Å². The predicted octanol–water partition coefficient (Wildman–Crippen LogP) is -0.0660. The molecule has 0 aromatic rings. The summed E-state index contributed by atoms with van der Waals surface area (Å²) in [7, 11) is 0. The Balaban J connectivity index is 2.20. The molecule has 5 atom stereocenters. The molecule has 4 heteroatoms. The third-order valence-corrected chi connectivity index (χ3v) is 3.92. The Hall–Kier alpha value is 0.200. The second kappa shape index (κ2) is 1.68. The SMILES string of the molecule is CC1SC2C(O)C2(O)C1F. The number of hydrogen-bond acceptors (Lipinski definition) is 3. The number of rotatable bonds is 0. The summed E-state index contributed by atoms with van der Waals surface area (Å²) in [4.78, 5) is 0. The number of fused-ring (bicyclic) bond motifs is 1. The van der Waals surface area contributed by atoms with Crippen LogP contribution >= 0.6 is 11.8 Å². The Morgan fingerprint density at radius 3 is 2.50 bits per heavy atom. The Kier molecular flexibility index (Phi) is 1.15. The van der Waals surface area contributed by atoms with Gasteiger partial charge in [0.05, 0.1) is 5.25 Å². The molecule has 0 aromatic carbocycles. The Morgan fingerprint density at radius 2 is 2.20 bits per heavy atom. The zero-order valence-electron chi connectivity index (χ0n) is 5.49. The molecule has 58 valence electrons. The Labute approximate surface area is 62.4 Å². The predicted molar refractivity (Wildman–Crippen MR) is 36.7 cm³/mol. The Bertz CT molecular complexity index is 177. The summed E-state index contributed by atoms with van der Waals surface area (Å²) in [6, 6.07) is 0. The lowest BCUT2D eigenvalue weighted by Gasteiger charge is -2.13. The molecular formula is C6H9FO2S. The van der Waals surface area contributed by atoms with Crippen LogP contribution in [0.5, 0.6) is 0 Å². The fourth-order valence-electron chi connectivity index (χ4n) is 1.52. The van der Waals surface area contributed by atoms with E-state index in [1.54, 1.807) is 6.92 Å². The molecular weight excluding hydrogens is 155 g/mol. The van der Waals surface area contributed by atoms with Crippen LogP contribution in [0.1, 0.15) is 6.92 Å². The van der Waals surface area contributed by atoms with Crippen LogP contribution in [0.2, 0.25) is 0 Å². The van der Waals surface area contributed by atoms with Crippen molar-refractivity contribution in [3.05, 3.63) is 0 Å². The number of alkyl halides is 1. The number of aliphatic hydroxyl groups excluding tert-OH is 1. The maximum Gasteiger partial charge on any atom is 0.144 e. The third-order valence-electron chi connectivity index (χ3n) is 2.32. The lowest BCUT2D eigenvalue weighted by Crippen LogP contribution is -2.32. The summed E-state index contributed by atoms with van der Waals surface area (Å²) in [5, 5.41) is 17.9. The minimum absolute atomic E-state index is 0.168. The number of thioether (sulfide) groups is 1. The molecule has 1 aliphatic heterocycles. The molecule has 1 aliphatic carbocycles. The van der Waals surface area contributed by atoms with Crippen LogP contribution in [-0.4, -0.2) is 38.6 Å². The monoisotopic (exact) mass is 164 g/mol. The molecule has 0 spiro atoms. The van der Waals surface area contributed by atoms with E-state index >= 15 is 0 Å². The molecule has 0 bridgehead atoms.